The number of fused-ring (bicyclic) bond motifs is 2. The molecule has 5 atom stereocenters. The molecule has 0 spiro atoms. The smallest absolute Gasteiger partial charge is 0.321 e. The van der Waals surface area contributed by atoms with E-state index in [4.69, 9.17) is 9.47 Å². The van der Waals surface area contributed by atoms with E-state index in [1.165, 1.54) is 6.42 Å². The lowest BCUT2D eigenvalue weighted by Gasteiger charge is -2.39. The molecule has 0 aromatic rings. The molecule has 4 nitrogen and oxygen atoms in total. The molecule has 4 heteroatoms. The molecule has 5 unspecified atom stereocenters. The van der Waals surface area contributed by atoms with Gasteiger partial charge in [-0.25, -0.2) is 0 Å². The van der Waals surface area contributed by atoms with E-state index in [9.17, 15) is 9.59 Å². The van der Waals surface area contributed by atoms with Crippen LogP contribution in [0.25, 0.3) is 0 Å². The fourth-order valence-corrected chi connectivity index (χ4v) is 4.86. The van der Waals surface area contributed by atoms with Gasteiger partial charge in [0.15, 0.2) is 5.92 Å². The minimum atomic E-state index is -0.707. The molecule has 1 heterocycles. The third-order valence-electron chi connectivity index (χ3n) is 6.31. The van der Waals surface area contributed by atoms with Crippen LogP contribution in [0.4, 0.5) is 0 Å². The van der Waals surface area contributed by atoms with Gasteiger partial charge in [0.25, 0.3) is 0 Å². The summed E-state index contributed by atoms with van der Waals surface area (Å²) in [6.45, 7) is 6.28. The van der Waals surface area contributed by atoms with Gasteiger partial charge in [-0.1, -0.05) is 27.2 Å². The summed E-state index contributed by atoms with van der Waals surface area (Å²) in [5.41, 5.74) is -0.347. The van der Waals surface area contributed by atoms with Crippen molar-refractivity contribution in [2.24, 2.45) is 23.7 Å². The molecular formula is C18H28O4. The van der Waals surface area contributed by atoms with E-state index in [0.29, 0.717) is 5.92 Å². The van der Waals surface area contributed by atoms with Crippen molar-refractivity contribution >= 4 is 11.9 Å². The molecule has 124 valence electrons. The fraction of sp³-hybridized carbons (Fsp3) is 0.889. The van der Waals surface area contributed by atoms with Crippen LogP contribution in [0.3, 0.4) is 0 Å². The maximum absolute atomic E-state index is 12.8. The van der Waals surface area contributed by atoms with Gasteiger partial charge >= 0.3 is 11.9 Å². The molecule has 3 aliphatic rings. The van der Waals surface area contributed by atoms with E-state index in [-0.39, 0.29) is 35.5 Å². The largest absolute Gasteiger partial charge is 0.461 e. The van der Waals surface area contributed by atoms with Crippen molar-refractivity contribution < 1.29 is 19.1 Å². The van der Waals surface area contributed by atoms with Crippen LogP contribution >= 0.6 is 0 Å². The normalized spacial score (nSPS) is 40.1. The zero-order chi connectivity index (χ0) is 15.9. The summed E-state index contributed by atoms with van der Waals surface area (Å²) in [7, 11) is 0. The lowest BCUT2D eigenvalue weighted by molar-refractivity contribution is -0.187. The van der Waals surface area contributed by atoms with Crippen LogP contribution in [0.1, 0.15) is 65.7 Å². The van der Waals surface area contributed by atoms with Crippen LogP contribution < -0.4 is 0 Å². The Morgan fingerprint density at radius 1 is 1.27 bits per heavy atom. The van der Waals surface area contributed by atoms with Crippen molar-refractivity contribution in [3.8, 4) is 0 Å². The molecule has 0 aromatic carbocycles. The maximum Gasteiger partial charge on any atom is 0.321 e. The Morgan fingerprint density at radius 2 is 1.95 bits per heavy atom. The van der Waals surface area contributed by atoms with Gasteiger partial charge in [0.05, 0.1) is 0 Å². The number of carbonyl (C=O) groups excluding carboxylic acids is 2. The first-order chi connectivity index (χ1) is 10.5. The van der Waals surface area contributed by atoms with Crippen molar-refractivity contribution in [2.75, 3.05) is 0 Å². The molecule has 2 aliphatic carbocycles. The summed E-state index contributed by atoms with van der Waals surface area (Å²) in [5.74, 6) is -0.707. The molecule has 3 fully saturated rings. The summed E-state index contributed by atoms with van der Waals surface area (Å²) >= 11 is 0. The third kappa shape index (κ3) is 2.55. The Balaban J connectivity index is 1.75. The predicted octanol–water partition coefficient (Wildman–Crippen LogP) is 3.48. The Labute approximate surface area is 132 Å². The summed E-state index contributed by atoms with van der Waals surface area (Å²) in [6.07, 6.45) is 6.98. The average molecular weight is 308 g/mol. The van der Waals surface area contributed by atoms with Gasteiger partial charge in [-0.15, -0.1) is 0 Å². The second-order valence-electron chi connectivity index (χ2n) is 7.63. The minimum Gasteiger partial charge on any atom is -0.461 e. The van der Waals surface area contributed by atoms with Crippen molar-refractivity contribution in [3.63, 3.8) is 0 Å². The van der Waals surface area contributed by atoms with Gasteiger partial charge in [-0.2, -0.15) is 0 Å². The van der Waals surface area contributed by atoms with E-state index in [1.807, 2.05) is 0 Å². The fourth-order valence-electron chi connectivity index (χ4n) is 4.86. The predicted molar refractivity (Wildman–Crippen MR) is 82.0 cm³/mol. The van der Waals surface area contributed by atoms with Crippen LogP contribution in [0.5, 0.6) is 0 Å². The molecule has 0 radical (unpaired) electrons. The van der Waals surface area contributed by atoms with Crippen molar-refractivity contribution in [1.29, 1.82) is 0 Å². The summed E-state index contributed by atoms with van der Waals surface area (Å²) < 4.78 is 11.5. The van der Waals surface area contributed by atoms with Crippen LogP contribution in [0.2, 0.25) is 0 Å². The molecule has 0 N–H and O–H groups in total. The standard InChI is InChI=1S/C18H28O4/c1-4-18(8-6-5-7-9-18)22-17(20)14-13-10-11(2)15(12(13)3)21-16(14)19/h11-15H,4-10H2,1-3H3. The highest BCUT2D eigenvalue weighted by Crippen LogP contribution is 2.48. The first kappa shape index (κ1) is 15.8. The van der Waals surface area contributed by atoms with Crippen LogP contribution in [-0.4, -0.2) is 23.6 Å². The highest BCUT2D eigenvalue weighted by Gasteiger charge is 2.55. The first-order valence-corrected chi connectivity index (χ1v) is 8.91. The highest BCUT2D eigenvalue weighted by atomic mass is 16.6. The van der Waals surface area contributed by atoms with Crippen molar-refractivity contribution in [2.45, 2.75) is 77.4 Å². The zero-order valence-corrected chi connectivity index (χ0v) is 14.0. The maximum atomic E-state index is 12.8. The van der Waals surface area contributed by atoms with Gasteiger partial charge in [-0.05, 0) is 56.3 Å². The average Bonchev–Trinajstić information content (AvgIpc) is 2.68. The van der Waals surface area contributed by atoms with Crippen LogP contribution in [0, 0.1) is 23.7 Å². The van der Waals surface area contributed by atoms with E-state index in [0.717, 1.165) is 38.5 Å². The molecular weight excluding hydrogens is 280 g/mol. The molecule has 3 rings (SSSR count). The van der Waals surface area contributed by atoms with Crippen LogP contribution in [-0.2, 0) is 19.1 Å². The van der Waals surface area contributed by atoms with E-state index >= 15 is 0 Å². The van der Waals surface area contributed by atoms with Gasteiger partial charge < -0.3 is 9.47 Å². The molecule has 2 saturated carbocycles. The monoisotopic (exact) mass is 308 g/mol. The lowest BCUT2D eigenvalue weighted by Crippen LogP contribution is -2.47. The van der Waals surface area contributed by atoms with E-state index in [1.54, 1.807) is 0 Å². The van der Waals surface area contributed by atoms with Crippen molar-refractivity contribution in [3.05, 3.63) is 0 Å². The molecule has 0 aromatic heterocycles. The number of esters is 2. The summed E-state index contributed by atoms with van der Waals surface area (Å²) in [6, 6.07) is 0. The second-order valence-corrected chi connectivity index (χ2v) is 7.63. The third-order valence-corrected chi connectivity index (χ3v) is 6.31. The van der Waals surface area contributed by atoms with Crippen molar-refractivity contribution in [1.82, 2.24) is 0 Å². The number of ether oxygens (including phenoxy) is 2. The van der Waals surface area contributed by atoms with Gasteiger partial charge in [0.2, 0.25) is 0 Å². The molecule has 1 saturated heterocycles. The zero-order valence-electron chi connectivity index (χ0n) is 14.0. The van der Waals surface area contributed by atoms with Crippen LogP contribution in [0.15, 0.2) is 0 Å². The SMILES string of the molecule is CCC1(OC(=O)C2C(=O)OC3C(C)CC2C3C)CCCCC1. The Kier molecular flexibility index (Phi) is 4.21. The molecule has 1 aliphatic heterocycles. The minimum absolute atomic E-state index is 0.0173. The summed E-state index contributed by atoms with van der Waals surface area (Å²) in [4.78, 5) is 25.1. The lowest BCUT2D eigenvalue weighted by atomic mass is 9.80. The number of rotatable bonds is 3. The van der Waals surface area contributed by atoms with E-state index in [2.05, 4.69) is 20.8 Å². The van der Waals surface area contributed by atoms with Gasteiger partial charge in [0.1, 0.15) is 11.7 Å². The number of carbonyl (C=O) groups is 2. The van der Waals surface area contributed by atoms with Gasteiger partial charge in [-0.3, -0.25) is 9.59 Å². The molecule has 22 heavy (non-hydrogen) atoms. The number of hydrogen-bond donors (Lipinski definition) is 0. The quantitative estimate of drug-likeness (QED) is 0.591. The molecule has 2 bridgehead atoms. The molecule has 0 amide bonds. The Morgan fingerprint density at radius 3 is 2.59 bits per heavy atom. The second kappa shape index (κ2) is 5.86. The van der Waals surface area contributed by atoms with E-state index < -0.39 is 5.92 Å². The Bertz CT molecular complexity index is 452. The van der Waals surface area contributed by atoms with Gasteiger partial charge in [0, 0.05) is 0 Å². The highest BCUT2D eigenvalue weighted by molar-refractivity contribution is 5.96. The topological polar surface area (TPSA) is 52.6 Å². The first-order valence-electron chi connectivity index (χ1n) is 8.91. The Hall–Kier alpha value is -1.06. The number of hydrogen-bond acceptors (Lipinski definition) is 4. The summed E-state index contributed by atoms with van der Waals surface area (Å²) in [5, 5.41) is 0.